The lowest BCUT2D eigenvalue weighted by atomic mass is 10.2. The third-order valence-corrected chi connectivity index (χ3v) is 2.55. The molecule has 0 aliphatic heterocycles. The summed E-state index contributed by atoms with van der Waals surface area (Å²) in [6.45, 7) is 7.83. The smallest absolute Gasteiger partial charge is 0.0742 e. The molecule has 0 heterocycles. The van der Waals surface area contributed by atoms with Crippen LogP contribution in [0.3, 0.4) is 0 Å². The van der Waals surface area contributed by atoms with E-state index >= 15 is 0 Å². The van der Waals surface area contributed by atoms with Gasteiger partial charge < -0.3 is 14.9 Å². The monoisotopic (exact) mass is 262 g/mol. The van der Waals surface area contributed by atoms with Crippen molar-refractivity contribution in [1.82, 2.24) is 0 Å². The van der Waals surface area contributed by atoms with E-state index < -0.39 is 6.10 Å². The molecule has 2 N–H and O–H groups in total. The summed E-state index contributed by atoms with van der Waals surface area (Å²) in [6, 6.07) is 0. The summed E-state index contributed by atoms with van der Waals surface area (Å²) in [5.74, 6) is 0. The molecule has 0 aromatic heterocycles. The Labute approximate surface area is 114 Å². The molecule has 0 saturated carbocycles. The molecular weight excluding hydrogens is 228 g/mol. The summed E-state index contributed by atoms with van der Waals surface area (Å²) in [6.07, 6.45) is 9.97. The Morgan fingerprint density at radius 2 is 1.22 bits per heavy atom. The van der Waals surface area contributed by atoms with Crippen LogP contribution < -0.4 is 0 Å². The van der Waals surface area contributed by atoms with Gasteiger partial charge >= 0.3 is 0 Å². The van der Waals surface area contributed by atoms with Gasteiger partial charge in [0.2, 0.25) is 0 Å². The third-order valence-electron chi connectivity index (χ3n) is 2.55. The molecule has 18 heavy (non-hydrogen) atoms. The fraction of sp³-hybridized carbons (Fsp3) is 1.00. The van der Waals surface area contributed by atoms with Crippen LogP contribution in [0.5, 0.6) is 0 Å². The number of rotatable bonds is 11. The van der Waals surface area contributed by atoms with Gasteiger partial charge in [0.25, 0.3) is 0 Å². The minimum atomic E-state index is -0.560. The molecule has 0 aromatic rings. The van der Waals surface area contributed by atoms with E-state index in [4.69, 9.17) is 14.9 Å². The van der Waals surface area contributed by atoms with E-state index in [-0.39, 0.29) is 6.61 Å². The van der Waals surface area contributed by atoms with Crippen molar-refractivity contribution >= 4 is 0 Å². The standard InChI is InChI=1S/C12H26O.C3H8O2/c1-3-5-7-9-11-13-12-10-8-6-4-2;1-3(5)2-4/h3-12H2,1-2H3;3-5H,2H2,1H3. The van der Waals surface area contributed by atoms with E-state index in [2.05, 4.69) is 13.8 Å². The van der Waals surface area contributed by atoms with Crippen molar-refractivity contribution in [3.63, 3.8) is 0 Å². The van der Waals surface area contributed by atoms with E-state index in [9.17, 15) is 0 Å². The van der Waals surface area contributed by atoms with Crippen molar-refractivity contribution in [3.05, 3.63) is 0 Å². The van der Waals surface area contributed by atoms with Crippen molar-refractivity contribution in [2.75, 3.05) is 19.8 Å². The predicted octanol–water partition coefficient (Wildman–Crippen LogP) is 3.52. The number of hydrogen-bond donors (Lipinski definition) is 2. The highest BCUT2D eigenvalue weighted by Crippen LogP contribution is 2.01. The largest absolute Gasteiger partial charge is 0.394 e. The number of aliphatic hydroxyl groups is 2. The first kappa shape index (κ1) is 20.2. The van der Waals surface area contributed by atoms with Crippen molar-refractivity contribution < 1.29 is 14.9 Å². The Hall–Kier alpha value is -0.120. The topological polar surface area (TPSA) is 49.7 Å². The molecule has 0 bridgehead atoms. The van der Waals surface area contributed by atoms with Crippen molar-refractivity contribution in [2.45, 2.75) is 78.2 Å². The maximum absolute atomic E-state index is 8.11. The fourth-order valence-corrected chi connectivity index (χ4v) is 1.36. The van der Waals surface area contributed by atoms with E-state index in [1.165, 1.54) is 58.3 Å². The molecular formula is C15H34O3. The van der Waals surface area contributed by atoms with Crippen LogP contribution in [-0.2, 0) is 4.74 Å². The van der Waals surface area contributed by atoms with Crippen molar-refractivity contribution in [3.8, 4) is 0 Å². The second kappa shape index (κ2) is 19.2. The Kier molecular flexibility index (Phi) is 21.6. The van der Waals surface area contributed by atoms with Gasteiger partial charge in [-0.15, -0.1) is 0 Å². The summed E-state index contributed by atoms with van der Waals surface area (Å²) in [5, 5.41) is 16.0. The molecule has 0 saturated heterocycles. The quantitative estimate of drug-likeness (QED) is 0.560. The van der Waals surface area contributed by atoms with Gasteiger partial charge in [0.05, 0.1) is 12.7 Å². The van der Waals surface area contributed by atoms with Crippen LogP contribution in [0.4, 0.5) is 0 Å². The molecule has 0 amide bonds. The average molecular weight is 262 g/mol. The molecule has 1 unspecified atom stereocenters. The number of aliphatic hydroxyl groups excluding tert-OH is 2. The number of hydrogen-bond acceptors (Lipinski definition) is 3. The first-order chi connectivity index (χ1) is 8.68. The first-order valence-corrected chi connectivity index (χ1v) is 7.55. The third kappa shape index (κ3) is 24.9. The highest BCUT2D eigenvalue weighted by Gasteiger charge is 1.90. The molecule has 0 fully saturated rings. The molecule has 0 rings (SSSR count). The first-order valence-electron chi connectivity index (χ1n) is 7.55. The van der Waals surface area contributed by atoms with Crippen LogP contribution in [0, 0.1) is 0 Å². The van der Waals surface area contributed by atoms with Crippen LogP contribution in [0.1, 0.15) is 72.1 Å². The zero-order valence-corrected chi connectivity index (χ0v) is 12.7. The summed E-state index contributed by atoms with van der Waals surface area (Å²) >= 11 is 0. The van der Waals surface area contributed by atoms with Crippen molar-refractivity contribution in [1.29, 1.82) is 0 Å². The normalized spacial score (nSPS) is 11.8. The van der Waals surface area contributed by atoms with Gasteiger partial charge in [-0.25, -0.2) is 0 Å². The van der Waals surface area contributed by atoms with E-state index in [0.717, 1.165) is 13.2 Å². The molecule has 0 aliphatic rings. The molecule has 112 valence electrons. The van der Waals surface area contributed by atoms with Gasteiger partial charge in [-0.05, 0) is 19.8 Å². The van der Waals surface area contributed by atoms with Gasteiger partial charge in [-0.2, -0.15) is 0 Å². The second-order valence-corrected chi connectivity index (χ2v) is 4.77. The molecule has 0 spiro atoms. The highest BCUT2D eigenvalue weighted by molar-refractivity contribution is 4.41. The number of ether oxygens (including phenoxy) is 1. The van der Waals surface area contributed by atoms with E-state index in [1.807, 2.05) is 0 Å². The minimum absolute atomic E-state index is 0.139. The molecule has 0 aromatic carbocycles. The Balaban J connectivity index is 0. The zero-order valence-electron chi connectivity index (χ0n) is 12.7. The fourth-order valence-electron chi connectivity index (χ4n) is 1.36. The second-order valence-electron chi connectivity index (χ2n) is 4.77. The SMILES string of the molecule is CC(O)CO.CCCCCCOCCCCCC. The van der Waals surface area contributed by atoms with Gasteiger partial charge in [0.1, 0.15) is 0 Å². The highest BCUT2D eigenvalue weighted by atomic mass is 16.5. The molecule has 0 radical (unpaired) electrons. The maximum Gasteiger partial charge on any atom is 0.0742 e. The van der Waals surface area contributed by atoms with E-state index in [1.54, 1.807) is 0 Å². The lowest BCUT2D eigenvalue weighted by molar-refractivity contribution is 0.110. The summed E-state index contributed by atoms with van der Waals surface area (Å²) < 4.78 is 5.53. The van der Waals surface area contributed by atoms with Crippen LogP contribution in [0.25, 0.3) is 0 Å². The Bertz CT molecular complexity index is 117. The van der Waals surface area contributed by atoms with E-state index in [0.29, 0.717) is 0 Å². The molecule has 0 aliphatic carbocycles. The van der Waals surface area contributed by atoms with Gasteiger partial charge in [0.15, 0.2) is 0 Å². The van der Waals surface area contributed by atoms with Crippen LogP contribution in [-0.4, -0.2) is 36.1 Å². The van der Waals surface area contributed by atoms with Crippen LogP contribution in [0.15, 0.2) is 0 Å². The summed E-state index contributed by atoms with van der Waals surface area (Å²) in [5.41, 5.74) is 0. The van der Waals surface area contributed by atoms with Gasteiger partial charge in [-0.3, -0.25) is 0 Å². The Morgan fingerprint density at radius 1 is 0.833 bits per heavy atom. The predicted molar refractivity (Wildman–Crippen MR) is 77.9 cm³/mol. The lowest BCUT2D eigenvalue weighted by Crippen LogP contribution is -2.03. The van der Waals surface area contributed by atoms with Gasteiger partial charge in [0, 0.05) is 13.2 Å². The maximum atomic E-state index is 8.11. The zero-order chi connectivity index (χ0) is 14.1. The molecule has 1 atom stereocenters. The summed E-state index contributed by atoms with van der Waals surface area (Å²) in [7, 11) is 0. The number of unbranched alkanes of at least 4 members (excludes halogenated alkanes) is 6. The minimum Gasteiger partial charge on any atom is -0.394 e. The summed E-state index contributed by atoms with van der Waals surface area (Å²) in [4.78, 5) is 0. The molecule has 3 heteroatoms. The molecule has 3 nitrogen and oxygen atoms in total. The van der Waals surface area contributed by atoms with Crippen LogP contribution in [0.2, 0.25) is 0 Å². The average Bonchev–Trinajstić information content (AvgIpc) is 2.37. The van der Waals surface area contributed by atoms with Crippen LogP contribution >= 0.6 is 0 Å². The lowest BCUT2D eigenvalue weighted by Gasteiger charge is -2.03. The van der Waals surface area contributed by atoms with Gasteiger partial charge in [-0.1, -0.05) is 52.4 Å². The Morgan fingerprint density at radius 3 is 1.50 bits per heavy atom. The van der Waals surface area contributed by atoms with Crippen molar-refractivity contribution in [2.24, 2.45) is 0 Å².